The maximum Gasteiger partial charge on any atom is 0.271 e. The Bertz CT molecular complexity index is 917. The lowest BCUT2D eigenvalue weighted by atomic mass is 10.2. The summed E-state index contributed by atoms with van der Waals surface area (Å²) in [6, 6.07) is 15.2. The number of carbonyl (C=O) groups is 2. The maximum atomic E-state index is 12.2. The second kappa shape index (κ2) is 8.20. The van der Waals surface area contributed by atoms with E-state index in [0.29, 0.717) is 18.6 Å². The van der Waals surface area contributed by atoms with E-state index in [0.717, 1.165) is 22.2 Å². The van der Waals surface area contributed by atoms with Gasteiger partial charge in [-0.1, -0.05) is 36.4 Å². The molecule has 0 saturated carbocycles. The van der Waals surface area contributed by atoms with Crippen molar-refractivity contribution in [2.24, 2.45) is 0 Å². The van der Waals surface area contributed by atoms with Crippen molar-refractivity contribution >= 4 is 22.7 Å². The number of amides is 2. The highest BCUT2D eigenvalue weighted by atomic mass is 16.5. The van der Waals surface area contributed by atoms with Crippen molar-refractivity contribution in [2.75, 3.05) is 6.61 Å². The van der Waals surface area contributed by atoms with E-state index in [4.69, 9.17) is 4.74 Å². The number of aryl methyl sites for hydroxylation is 1. The number of nitrogens with one attached hydrogen (secondary N) is 3. The molecule has 0 saturated heterocycles. The topological polar surface area (TPSA) is 83.2 Å². The number of carbonyl (C=O) groups excluding carboxylic acids is 2. The van der Waals surface area contributed by atoms with Crippen LogP contribution in [0, 0.1) is 6.92 Å². The molecule has 3 rings (SSSR count). The van der Waals surface area contributed by atoms with Gasteiger partial charge < -0.3 is 9.72 Å². The zero-order chi connectivity index (χ0) is 18.4. The predicted molar refractivity (Wildman–Crippen MR) is 99.8 cm³/mol. The summed E-state index contributed by atoms with van der Waals surface area (Å²) in [6.07, 6.45) is 2.45. The number of hydrazine groups is 1. The number of aromatic nitrogens is 1. The molecule has 0 fully saturated rings. The Morgan fingerprint density at radius 3 is 2.65 bits per heavy atom. The number of hydrogen-bond acceptors (Lipinski definition) is 3. The van der Waals surface area contributed by atoms with Gasteiger partial charge in [-0.25, -0.2) is 0 Å². The highest BCUT2D eigenvalue weighted by Crippen LogP contribution is 2.17. The van der Waals surface area contributed by atoms with Crippen LogP contribution in [0.5, 0.6) is 5.75 Å². The molecule has 0 radical (unpaired) electrons. The number of rotatable bonds is 6. The zero-order valence-corrected chi connectivity index (χ0v) is 14.5. The van der Waals surface area contributed by atoms with Crippen molar-refractivity contribution < 1.29 is 14.3 Å². The number of fused-ring (bicyclic) bond motifs is 1. The zero-order valence-electron chi connectivity index (χ0n) is 14.5. The quantitative estimate of drug-likeness (QED) is 0.471. The lowest BCUT2D eigenvalue weighted by Gasteiger charge is -2.09. The molecule has 0 atom stereocenters. The van der Waals surface area contributed by atoms with Crippen molar-refractivity contribution in [1.82, 2.24) is 15.8 Å². The molecule has 0 bridgehead atoms. The summed E-state index contributed by atoms with van der Waals surface area (Å²) in [5.74, 6) is 0.207. The normalized spacial score (nSPS) is 10.5. The van der Waals surface area contributed by atoms with Crippen LogP contribution in [0.1, 0.15) is 28.8 Å². The summed E-state index contributed by atoms with van der Waals surface area (Å²) in [4.78, 5) is 27.1. The molecular weight excluding hydrogens is 330 g/mol. The van der Waals surface area contributed by atoms with E-state index in [1.54, 1.807) is 6.20 Å². The summed E-state index contributed by atoms with van der Waals surface area (Å²) in [5.41, 5.74) is 7.30. The minimum Gasteiger partial charge on any atom is -0.493 e. The molecule has 0 aliphatic heterocycles. The number of H-pyrrole nitrogens is 1. The van der Waals surface area contributed by atoms with Gasteiger partial charge >= 0.3 is 0 Å². The third kappa shape index (κ3) is 4.22. The highest BCUT2D eigenvalue weighted by molar-refractivity contribution is 6.07. The van der Waals surface area contributed by atoms with Crippen molar-refractivity contribution in [1.29, 1.82) is 0 Å². The molecule has 0 unspecified atom stereocenters. The van der Waals surface area contributed by atoms with Crippen molar-refractivity contribution in [3.05, 3.63) is 65.9 Å². The van der Waals surface area contributed by atoms with Gasteiger partial charge in [0.1, 0.15) is 5.75 Å². The van der Waals surface area contributed by atoms with E-state index in [1.165, 1.54) is 0 Å². The average Bonchev–Trinajstić information content (AvgIpc) is 3.09. The Balaban J connectivity index is 1.41. The first-order valence-corrected chi connectivity index (χ1v) is 8.49. The number of benzene rings is 2. The summed E-state index contributed by atoms with van der Waals surface area (Å²) in [7, 11) is 0. The SMILES string of the molecule is Cc1ccccc1OCCCC(=O)NNC(=O)c1c[nH]c2ccccc12. The van der Waals surface area contributed by atoms with Gasteiger partial charge in [-0.15, -0.1) is 0 Å². The average molecular weight is 351 g/mol. The van der Waals surface area contributed by atoms with E-state index in [2.05, 4.69) is 15.8 Å². The number of aromatic amines is 1. The molecule has 1 aromatic heterocycles. The Morgan fingerprint density at radius 1 is 1.04 bits per heavy atom. The molecule has 2 amide bonds. The van der Waals surface area contributed by atoms with Gasteiger partial charge in [-0.05, 0) is 31.0 Å². The number of para-hydroxylation sites is 2. The molecule has 6 heteroatoms. The second-order valence-corrected chi connectivity index (χ2v) is 5.97. The van der Waals surface area contributed by atoms with Gasteiger partial charge in [-0.3, -0.25) is 20.4 Å². The van der Waals surface area contributed by atoms with Crippen molar-refractivity contribution in [2.45, 2.75) is 19.8 Å². The van der Waals surface area contributed by atoms with Gasteiger partial charge in [0.15, 0.2) is 0 Å². The molecule has 134 valence electrons. The van der Waals surface area contributed by atoms with Crippen LogP contribution in [0.3, 0.4) is 0 Å². The van der Waals surface area contributed by atoms with Crippen LogP contribution in [0.25, 0.3) is 10.9 Å². The van der Waals surface area contributed by atoms with Gasteiger partial charge in [-0.2, -0.15) is 0 Å². The third-order valence-electron chi connectivity index (χ3n) is 4.05. The van der Waals surface area contributed by atoms with E-state index >= 15 is 0 Å². The van der Waals surface area contributed by atoms with Crippen LogP contribution in [0.15, 0.2) is 54.7 Å². The molecule has 6 nitrogen and oxygen atoms in total. The molecular formula is C20H21N3O3. The van der Waals surface area contributed by atoms with E-state index in [-0.39, 0.29) is 18.2 Å². The van der Waals surface area contributed by atoms with Crippen molar-refractivity contribution in [3.8, 4) is 5.75 Å². The first kappa shape index (κ1) is 17.5. The minimum atomic E-state index is -0.355. The smallest absolute Gasteiger partial charge is 0.271 e. The fourth-order valence-electron chi connectivity index (χ4n) is 2.65. The molecule has 0 aliphatic rings. The van der Waals surface area contributed by atoms with Crippen LogP contribution in [0.4, 0.5) is 0 Å². The first-order valence-electron chi connectivity index (χ1n) is 8.49. The van der Waals surface area contributed by atoms with Crippen LogP contribution in [0.2, 0.25) is 0 Å². The molecule has 2 aromatic carbocycles. The fourth-order valence-corrected chi connectivity index (χ4v) is 2.65. The summed E-state index contributed by atoms with van der Waals surface area (Å²) in [6.45, 7) is 2.41. The second-order valence-electron chi connectivity index (χ2n) is 5.97. The van der Waals surface area contributed by atoms with Crippen LogP contribution in [-0.4, -0.2) is 23.4 Å². The summed E-state index contributed by atoms with van der Waals surface area (Å²) in [5, 5.41) is 0.811. The molecule has 0 spiro atoms. The van der Waals surface area contributed by atoms with Crippen LogP contribution in [-0.2, 0) is 4.79 Å². The van der Waals surface area contributed by atoms with Crippen LogP contribution >= 0.6 is 0 Å². The fraction of sp³-hybridized carbons (Fsp3) is 0.200. The Labute approximate surface area is 151 Å². The predicted octanol–water partition coefficient (Wildman–Crippen LogP) is 3.10. The first-order chi connectivity index (χ1) is 12.6. The largest absolute Gasteiger partial charge is 0.493 e. The molecule has 3 N–H and O–H groups in total. The maximum absolute atomic E-state index is 12.2. The van der Waals surface area contributed by atoms with Gasteiger partial charge in [0, 0.05) is 23.5 Å². The van der Waals surface area contributed by atoms with E-state index in [9.17, 15) is 9.59 Å². The minimum absolute atomic E-state index is 0.258. The van der Waals surface area contributed by atoms with E-state index in [1.807, 2.05) is 55.5 Å². The molecule has 26 heavy (non-hydrogen) atoms. The van der Waals surface area contributed by atoms with Crippen LogP contribution < -0.4 is 15.6 Å². The lowest BCUT2D eigenvalue weighted by Crippen LogP contribution is -2.41. The standard InChI is InChI=1S/C20H21N3O3/c1-14-7-2-5-10-18(14)26-12-6-11-19(24)22-23-20(25)16-13-21-17-9-4-3-8-15(16)17/h2-5,7-10,13,21H,6,11-12H2,1H3,(H,22,24)(H,23,25). The molecule has 1 heterocycles. The van der Waals surface area contributed by atoms with Gasteiger partial charge in [0.25, 0.3) is 5.91 Å². The Kier molecular flexibility index (Phi) is 5.53. The van der Waals surface area contributed by atoms with Crippen molar-refractivity contribution in [3.63, 3.8) is 0 Å². The number of hydrogen-bond donors (Lipinski definition) is 3. The molecule has 3 aromatic rings. The Morgan fingerprint density at radius 2 is 1.81 bits per heavy atom. The third-order valence-corrected chi connectivity index (χ3v) is 4.05. The van der Waals surface area contributed by atoms with Gasteiger partial charge in [0.2, 0.25) is 5.91 Å². The Hall–Kier alpha value is -3.28. The molecule has 0 aliphatic carbocycles. The monoisotopic (exact) mass is 351 g/mol. The van der Waals surface area contributed by atoms with E-state index < -0.39 is 0 Å². The highest BCUT2D eigenvalue weighted by Gasteiger charge is 2.12. The number of ether oxygens (including phenoxy) is 1. The lowest BCUT2D eigenvalue weighted by molar-refractivity contribution is -0.122. The summed E-state index contributed by atoms with van der Waals surface area (Å²) >= 11 is 0. The van der Waals surface area contributed by atoms with Gasteiger partial charge in [0.05, 0.1) is 12.2 Å². The summed E-state index contributed by atoms with van der Waals surface area (Å²) < 4.78 is 5.65.